The molecule has 26 heavy (non-hydrogen) atoms. The lowest BCUT2D eigenvalue weighted by molar-refractivity contribution is -0.116. The summed E-state index contributed by atoms with van der Waals surface area (Å²) >= 11 is 0. The van der Waals surface area contributed by atoms with Gasteiger partial charge in [-0.1, -0.05) is 31.2 Å². The van der Waals surface area contributed by atoms with E-state index in [1.807, 2.05) is 35.2 Å². The molecule has 1 atom stereocenters. The normalized spacial score (nSPS) is 18.9. The van der Waals surface area contributed by atoms with Crippen LogP contribution in [0.25, 0.3) is 0 Å². The highest BCUT2D eigenvalue weighted by Gasteiger charge is 2.27. The Bertz CT molecular complexity index is 821. The maximum absolute atomic E-state index is 12.2. The molecule has 2 aliphatic rings. The zero-order valence-electron chi connectivity index (χ0n) is 15.3. The van der Waals surface area contributed by atoms with Crippen molar-refractivity contribution in [2.24, 2.45) is 5.92 Å². The monoisotopic (exact) mass is 352 g/mol. The fourth-order valence-corrected chi connectivity index (χ4v) is 3.81. The van der Waals surface area contributed by atoms with Crippen LogP contribution in [0.4, 0.5) is 11.4 Å². The quantitative estimate of drug-likeness (QED) is 0.830. The van der Waals surface area contributed by atoms with Gasteiger partial charge in [0.05, 0.1) is 11.4 Å². The van der Waals surface area contributed by atoms with Crippen molar-refractivity contribution in [2.45, 2.75) is 20.4 Å². The van der Waals surface area contributed by atoms with E-state index in [1.54, 1.807) is 6.92 Å². The summed E-state index contributed by atoms with van der Waals surface area (Å²) in [6.07, 6.45) is 0. The molecule has 2 aromatic carbocycles. The number of amides is 1. The number of fused-ring (bicyclic) bond motifs is 2. The average Bonchev–Trinajstić information content (AvgIpc) is 2.79. The number of anilines is 2. The SMILES string of the molecule is CC(=O)N1CC(C)CN(Cc2cccc3c2OCCO3)c2ccccc21. The molecule has 0 saturated heterocycles. The second-order valence-corrected chi connectivity index (χ2v) is 7.05. The van der Waals surface area contributed by atoms with Crippen molar-refractivity contribution in [1.29, 1.82) is 0 Å². The van der Waals surface area contributed by atoms with E-state index in [4.69, 9.17) is 9.47 Å². The summed E-state index contributed by atoms with van der Waals surface area (Å²) in [6.45, 7) is 7.33. The van der Waals surface area contributed by atoms with Gasteiger partial charge in [0.15, 0.2) is 11.5 Å². The third kappa shape index (κ3) is 3.09. The average molecular weight is 352 g/mol. The highest BCUT2D eigenvalue weighted by molar-refractivity contribution is 5.95. The van der Waals surface area contributed by atoms with E-state index < -0.39 is 0 Å². The number of hydrogen-bond acceptors (Lipinski definition) is 4. The fraction of sp³-hybridized carbons (Fsp3) is 0.381. The number of carbonyl (C=O) groups is 1. The second-order valence-electron chi connectivity index (χ2n) is 7.05. The lowest BCUT2D eigenvalue weighted by atomic mass is 10.1. The summed E-state index contributed by atoms with van der Waals surface area (Å²) in [6, 6.07) is 14.2. The highest BCUT2D eigenvalue weighted by atomic mass is 16.6. The molecule has 0 fully saturated rings. The summed E-state index contributed by atoms with van der Waals surface area (Å²) in [7, 11) is 0. The van der Waals surface area contributed by atoms with Crippen LogP contribution in [-0.4, -0.2) is 32.2 Å². The summed E-state index contributed by atoms with van der Waals surface area (Å²) in [5, 5.41) is 0. The maximum atomic E-state index is 12.2. The van der Waals surface area contributed by atoms with Crippen LogP contribution in [0.3, 0.4) is 0 Å². The molecule has 2 heterocycles. The molecule has 136 valence electrons. The zero-order valence-corrected chi connectivity index (χ0v) is 15.3. The molecular weight excluding hydrogens is 328 g/mol. The molecular formula is C21H24N2O3. The Labute approximate surface area is 154 Å². The first kappa shape index (κ1) is 16.8. The lowest BCUT2D eigenvalue weighted by Crippen LogP contribution is -2.33. The number of hydrogen-bond donors (Lipinski definition) is 0. The molecule has 0 radical (unpaired) electrons. The maximum Gasteiger partial charge on any atom is 0.223 e. The molecule has 5 nitrogen and oxygen atoms in total. The Morgan fingerprint density at radius 3 is 2.62 bits per heavy atom. The Morgan fingerprint density at radius 2 is 1.81 bits per heavy atom. The standard InChI is InChI=1S/C21H24N2O3/c1-15-12-22(14-17-6-5-9-20-21(17)26-11-10-25-20)18-7-3-4-8-19(18)23(13-15)16(2)24/h3-9,15H,10-14H2,1-2H3. The van der Waals surface area contributed by atoms with Crippen molar-refractivity contribution in [3.8, 4) is 11.5 Å². The van der Waals surface area contributed by atoms with Gasteiger partial charge in [0, 0.05) is 32.1 Å². The molecule has 4 rings (SSSR count). The molecule has 5 heteroatoms. The number of benzene rings is 2. The van der Waals surface area contributed by atoms with E-state index in [0.717, 1.165) is 48.1 Å². The van der Waals surface area contributed by atoms with E-state index in [9.17, 15) is 4.79 Å². The second kappa shape index (κ2) is 6.90. The van der Waals surface area contributed by atoms with Crippen LogP contribution in [0.5, 0.6) is 11.5 Å². The molecule has 0 spiro atoms. The van der Waals surface area contributed by atoms with Crippen LogP contribution in [0.15, 0.2) is 42.5 Å². The van der Waals surface area contributed by atoms with Gasteiger partial charge in [-0.3, -0.25) is 4.79 Å². The predicted molar refractivity (Wildman–Crippen MR) is 102 cm³/mol. The number of para-hydroxylation sites is 3. The Balaban J connectivity index is 1.72. The summed E-state index contributed by atoms with van der Waals surface area (Å²) in [5.74, 6) is 2.11. The topological polar surface area (TPSA) is 42.0 Å². The summed E-state index contributed by atoms with van der Waals surface area (Å²) < 4.78 is 11.6. The smallest absolute Gasteiger partial charge is 0.223 e. The van der Waals surface area contributed by atoms with Crippen molar-refractivity contribution >= 4 is 17.3 Å². The van der Waals surface area contributed by atoms with Crippen LogP contribution in [-0.2, 0) is 11.3 Å². The fourth-order valence-electron chi connectivity index (χ4n) is 3.81. The Hall–Kier alpha value is -2.69. The molecule has 1 unspecified atom stereocenters. The first-order valence-electron chi connectivity index (χ1n) is 9.13. The van der Waals surface area contributed by atoms with Crippen molar-refractivity contribution in [3.05, 3.63) is 48.0 Å². The van der Waals surface area contributed by atoms with Gasteiger partial charge in [-0.05, 0) is 24.1 Å². The van der Waals surface area contributed by atoms with Gasteiger partial charge < -0.3 is 19.3 Å². The first-order valence-corrected chi connectivity index (χ1v) is 9.13. The van der Waals surface area contributed by atoms with Crippen LogP contribution in [0.2, 0.25) is 0 Å². The van der Waals surface area contributed by atoms with Crippen LogP contribution >= 0.6 is 0 Å². The molecule has 2 aliphatic heterocycles. The van der Waals surface area contributed by atoms with Gasteiger partial charge in [0.1, 0.15) is 13.2 Å². The number of nitrogens with zero attached hydrogens (tertiary/aromatic N) is 2. The number of carbonyl (C=O) groups excluding carboxylic acids is 1. The van der Waals surface area contributed by atoms with Crippen molar-refractivity contribution in [3.63, 3.8) is 0 Å². The van der Waals surface area contributed by atoms with Gasteiger partial charge in [-0.15, -0.1) is 0 Å². The largest absolute Gasteiger partial charge is 0.486 e. The summed E-state index contributed by atoms with van der Waals surface area (Å²) in [5.41, 5.74) is 3.17. The molecule has 0 saturated carbocycles. The number of rotatable bonds is 2. The van der Waals surface area contributed by atoms with E-state index in [2.05, 4.69) is 24.0 Å². The molecule has 2 aromatic rings. The van der Waals surface area contributed by atoms with Crippen molar-refractivity contribution in [1.82, 2.24) is 0 Å². The Kier molecular flexibility index (Phi) is 4.45. The molecule has 0 aromatic heterocycles. The molecule has 0 N–H and O–H groups in total. The van der Waals surface area contributed by atoms with Crippen molar-refractivity contribution in [2.75, 3.05) is 36.1 Å². The molecule has 1 amide bonds. The van der Waals surface area contributed by atoms with Crippen LogP contribution in [0.1, 0.15) is 19.4 Å². The minimum atomic E-state index is 0.0833. The van der Waals surface area contributed by atoms with Gasteiger partial charge in [0.25, 0.3) is 0 Å². The zero-order chi connectivity index (χ0) is 18.1. The molecule has 0 aliphatic carbocycles. The van der Waals surface area contributed by atoms with Gasteiger partial charge >= 0.3 is 0 Å². The van der Waals surface area contributed by atoms with Gasteiger partial charge in [-0.2, -0.15) is 0 Å². The van der Waals surface area contributed by atoms with E-state index in [-0.39, 0.29) is 5.91 Å². The third-order valence-electron chi connectivity index (χ3n) is 4.93. The third-order valence-corrected chi connectivity index (χ3v) is 4.93. The predicted octanol–water partition coefficient (Wildman–Crippen LogP) is 3.47. The van der Waals surface area contributed by atoms with E-state index >= 15 is 0 Å². The van der Waals surface area contributed by atoms with Gasteiger partial charge in [-0.25, -0.2) is 0 Å². The van der Waals surface area contributed by atoms with Gasteiger partial charge in [0.2, 0.25) is 5.91 Å². The number of ether oxygens (including phenoxy) is 2. The summed E-state index contributed by atoms with van der Waals surface area (Å²) in [4.78, 5) is 16.4. The van der Waals surface area contributed by atoms with Crippen molar-refractivity contribution < 1.29 is 14.3 Å². The van der Waals surface area contributed by atoms with E-state index in [1.165, 1.54) is 0 Å². The van der Waals surface area contributed by atoms with E-state index in [0.29, 0.717) is 19.1 Å². The highest BCUT2D eigenvalue weighted by Crippen LogP contribution is 2.38. The molecule has 0 bridgehead atoms. The first-order chi connectivity index (χ1) is 12.6. The van der Waals surface area contributed by atoms with Crippen LogP contribution < -0.4 is 19.3 Å². The minimum absolute atomic E-state index is 0.0833. The Morgan fingerprint density at radius 1 is 1.04 bits per heavy atom. The minimum Gasteiger partial charge on any atom is -0.486 e. The lowest BCUT2D eigenvalue weighted by Gasteiger charge is -2.28. The van der Waals surface area contributed by atoms with Crippen LogP contribution in [0, 0.1) is 5.92 Å².